The smallest absolute Gasteiger partial charge is 0.259 e. The van der Waals surface area contributed by atoms with Gasteiger partial charge in [-0.3, -0.25) is 14.4 Å². The molecule has 188 valence electrons. The second-order valence-electron chi connectivity index (χ2n) is 11.4. The fraction of sp³-hybridized carbons (Fsp3) is 0.667. The van der Waals surface area contributed by atoms with Gasteiger partial charge in [0.05, 0.1) is 18.3 Å². The molecule has 6 aliphatic rings. The van der Waals surface area contributed by atoms with Crippen molar-refractivity contribution < 1.29 is 29.3 Å². The number of epoxide rings is 1. The van der Waals surface area contributed by atoms with Gasteiger partial charge in [-0.2, -0.15) is 0 Å². The highest BCUT2D eigenvalue weighted by Crippen LogP contribution is 2.65. The summed E-state index contributed by atoms with van der Waals surface area (Å²) in [6.07, 6.45) is 10.8. The molecule has 6 rings (SSSR count). The largest absolute Gasteiger partial charge is 0.507 e. The maximum absolute atomic E-state index is 12.8. The van der Waals surface area contributed by atoms with Crippen LogP contribution in [0.25, 0.3) is 0 Å². The average Bonchev–Trinajstić information content (AvgIpc) is 3.33. The summed E-state index contributed by atoms with van der Waals surface area (Å²) in [5.74, 6) is 1.75. The van der Waals surface area contributed by atoms with E-state index in [-0.39, 0.29) is 36.1 Å². The highest BCUT2D eigenvalue weighted by atomic mass is 16.6. The van der Waals surface area contributed by atoms with Gasteiger partial charge in [-0.15, -0.1) is 0 Å². The van der Waals surface area contributed by atoms with Crippen LogP contribution in [-0.4, -0.2) is 58.7 Å². The Kier molecular flexibility index (Phi) is 5.64. The summed E-state index contributed by atoms with van der Waals surface area (Å²) in [5, 5.41) is 26.3. The maximum atomic E-state index is 12.8. The highest BCUT2D eigenvalue weighted by Gasteiger charge is 2.66. The number of rotatable bonds is 0. The molecule has 11 atom stereocenters. The van der Waals surface area contributed by atoms with E-state index < -0.39 is 23.8 Å². The third-order valence-electron chi connectivity index (χ3n) is 9.73. The predicted octanol–water partition coefficient (Wildman–Crippen LogP) is 1.56. The van der Waals surface area contributed by atoms with Crippen molar-refractivity contribution in [3.63, 3.8) is 0 Å². The minimum Gasteiger partial charge on any atom is -0.507 e. The van der Waals surface area contributed by atoms with Crippen molar-refractivity contribution in [1.29, 1.82) is 0 Å². The number of aliphatic hydroxyl groups is 2. The van der Waals surface area contributed by atoms with Crippen LogP contribution in [0.5, 0.6) is 0 Å². The number of Topliss-reactive ketones (excluding diaryl/α,β-unsaturated/α-hetero) is 1. The fourth-order valence-electron chi connectivity index (χ4n) is 8.17. The number of carbonyl (C=O) groups is 3. The van der Waals surface area contributed by atoms with E-state index in [0.29, 0.717) is 47.7 Å². The molecule has 8 nitrogen and oxygen atoms in total. The Labute approximate surface area is 204 Å². The van der Waals surface area contributed by atoms with Gasteiger partial charge >= 0.3 is 0 Å². The number of nitrogens with one attached hydrogen (secondary N) is 2. The molecule has 35 heavy (non-hydrogen) atoms. The van der Waals surface area contributed by atoms with Gasteiger partial charge in [-0.1, -0.05) is 19.1 Å². The summed E-state index contributed by atoms with van der Waals surface area (Å²) in [5.41, 5.74) is -0.298. The van der Waals surface area contributed by atoms with Crippen LogP contribution in [0.3, 0.4) is 0 Å². The predicted molar refractivity (Wildman–Crippen MR) is 126 cm³/mol. The molecule has 0 aromatic carbocycles. The monoisotopic (exact) mass is 482 g/mol. The summed E-state index contributed by atoms with van der Waals surface area (Å²) in [7, 11) is 0. The van der Waals surface area contributed by atoms with Crippen LogP contribution < -0.4 is 10.6 Å². The summed E-state index contributed by atoms with van der Waals surface area (Å²) < 4.78 is 5.96. The second kappa shape index (κ2) is 8.59. The lowest BCUT2D eigenvalue weighted by molar-refractivity contribution is -0.118. The van der Waals surface area contributed by atoms with E-state index >= 15 is 0 Å². The molecule has 2 amide bonds. The number of carbonyl (C=O) groups excluding carboxylic acids is 3. The molecule has 2 bridgehead atoms. The Morgan fingerprint density at radius 3 is 2.66 bits per heavy atom. The van der Waals surface area contributed by atoms with E-state index in [2.05, 4.69) is 17.6 Å². The van der Waals surface area contributed by atoms with Crippen molar-refractivity contribution in [2.75, 3.05) is 6.54 Å². The summed E-state index contributed by atoms with van der Waals surface area (Å²) in [4.78, 5) is 37.6. The van der Waals surface area contributed by atoms with Gasteiger partial charge in [-0.25, -0.2) is 0 Å². The van der Waals surface area contributed by atoms with Crippen LogP contribution in [0.1, 0.15) is 39.0 Å². The second-order valence-corrected chi connectivity index (χ2v) is 11.4. The first-order valence-corrected chi connectivity index (χ1v) is 13.1. The molecule has 3 heterocycles. The molecule has 0 radical (unpaired) electrons. The van der Waals surface area contributed by atoms with Crippen molar-refractivity contribution in [3.05, 3.63) is 35.6 Å². The van der Waals surface area contributed by atoms with Crippen molar-refractivity contribution in [3.8, 4) is 0 Å². The number of amides is 2. The number of hydrogen-bond acceptors (Lipinski definition) is 6. The van der Waals surface area contributed by atoms with Gasteiger partial charge < -0.3 is 25.6 Å². The first-order valence-electron chi connectivity index (χ1n) is 13.1. The maximum Gasteiger partial charge on any atom is 0.259 e. The van der Waals surface area contributed by atoms with Crippen LogP contribution in [0.15, 0.2) is 35.6 Å². The molecular weight excluding hydrogens is 448 g/mol. The number of ketones is 1. The van der Waals surface area contributed by atoms with Crippen molar-refractivity contribution in [2.45, 2.75) is 63.4 Å². The minimum absolute atomic E-state index is 0.111. The number of allylic oxidation sites excluding steroid dienone is 3. The Bertz CT molecular complexity index is 1030. The lowest BCUT2D eigenvalue weighted by Crippen LogP contribution is -2.42. The van der Waals surface area contributed by atoms with E-state index in [4.69, 9.17) is 4.74 Å². The molecule has 3 saturated carbocycles. The van der Waals surface area contributed by atoms with Crippen molar-refractivity contribution in [1.82, 2.24) is 10.6 Å². The van der Waals surface area contributed by atoms with Crippen LogP contribution in [0.2, 0.25) is 0 Å². The van der Waals surface area contributed by atoms with Gasteiger partial charge in [0.2, 0.25) is 5.91 Å². The van der Waals surface area contributed by atoms with Crippen molar-refractivity contribution >= 4 is 17.6 Å². The molecule has 3 aliphatic carbocycles. The lowest BCUT2D eigenvalue weighted by Gasteiger charge is -2.41. The van der Waals surface area contributed by atoms with E-state index in [9.17, 15) is 24.6 Å². The normalized spacial score (nSPS) is 50.9. The molecular formula is C27H34N2O6. The van der Waals surface area contributed by atoms with E-state index in [1.165, 1.54) is 6.08 Å². The van der Waals surface area contributed by atoms with Gasteiger partial charge in [0.15, 0.2) is 5.78 Å². The van der Waals surface area contributed by atoms with Crippen molar-refractivity contribution in [2.24, 2.45) is 41.4 Å². The van der Waals surface area contributed by atoms with E-state index in [0.717, 1.165) is 25.7 Å². The van der Waals surface area contributed by atoms with E-state index in [1.807, 2.05) is 12.2 Å². The van der Waals surface area contributed by atoms with Gasteiger partial charge in [0.25, 0.3) is 5.91 Å². The number of hydrogen-bond donors (Lipinski definition) is 4. The third-order valence-corrected chi connectivity index (χ3v) is 9.73. The SMILES string of the molecule is CC1C2OC2C2CC3C4C/C=C/C(=O)NCCC(O)C5NC(=O)/C(=C(O)/C=C/C4CCC3C12)C5=O. The topological polar surface area (TPSA) is 128 Å². The van der Waals surface area contributed by atoms with Crippen LogP contribution in [0, 0.1) is 41.4 Å². The Hall–Kier alpha value is -2.45. The quantitative estimate of drug-likeness (QED) is 0.306. The van der Waals surface area contributed by atoms with Crippen LogP contribution in [0.4, 0.5) is 0 Å². The summed E-state index contributed by atoms with van der Waals surface area (Å²) >= 11 is 0. The molecule has 8 heteroatoms. The number of ether oxygens (including phenoxy) is 1. The standard InChI is InChI=1S/C27H34N2O6/c1-12-21-15-7-5-13-6-8-18(30)22-24(33)23(29-27(22)34)19(31)9-10-28-20(32)4-2-3-14(13)16(15)11-17(21)26-25(12)35-26/h2,4,6,8,12-17,19,21,23,25-26,30-31H,3,5,7,9-11H2,1H3,(H,28,32)(H,29,34)/b4-2+,8-6+,22-18-. The summed E-state index contributed by atoms with van der Waals surface area (Å²) in [6.45, 7) is 2.51. The van der Waals surface area contributed by atoms with Gasteiger partial charge in [0, 0.05) is 6.54 Å². The Morgan fingerprint density at radius 2 is 1.83 bits per heavy atom. The molecule has 2 saturated heterocycles. The highest BCUT2D eigenvalue weighted by molar-refractivity contribution is 6.27. The Balaban J connectivity index is 1.30. The summed E-state index contributed by atoms with van der Waals surface area (Å²) in [6, 6.07) is -1.12. The number of fused-ring (bicyclic) bond motifs is 9. The molecule has 0 spiro atoms. The first-order chi connectivity index (χ1) is 16.8. The first kappa shape index (κ1) is 23.0. The zero-order valence-corrected chi connectivity index (χ0v) is 19.9. The fourth-order valence-corrected chi connectivity index (χ4v) is 8.17. The molecule has 4 N–H and O–H groups in total. The minimum atomic E-state index is -1.16. The van der Waals surface area contributed by atoms with E-state index in [1.54, 1.807) is 6.08 Å². The molecule has 5 fully saturated rings. The van der Waals surface area contributed by atoms with Crippen LogP contribution in [-0.2, 0) is 19.1 Å². The molecule has 0 aromatic heterocycles. The molecule has 3 aliphatic heterocycles. The zero-order chi connectivity index (χ0) is 24.4. The van der Waals surface area contributed by atoms with Gasteiger partial charge in [-0.05, 0) is 85.7 Å². The lowest BCUT2D eigenvalue weighted by atomic mass is 9.64. The van der Waals surface area contributed by atoms with Crippen LogP contribution >= 0.6 is 0 Å². The molecule has 11 unspecified atom stereocenters. The van der Waals surface area contributed by atoms with Gasteiger partial charge in [0.1, 0.15) is 17.4 Å². The zero-order valence-electron chi connectivity index (χ0n) is 19.9. The average molecular weight is 483 g/mol. The Morgan fingerprint density at radius 1 is 1.00 bits per heavy atom. The number of aliphatic hydroxyl groups excluding tert-OH is 2. The third kappa shape index (κ3) is 3.76. The molecule has 0 aromatic rings.